The average Bonchev–Trinajstić information content (AvgIpc) is 3.02. The van der Waals surface area contributed by atoms with Crippen molar-refractivity contribution >= 4 is 17.6 Å². The van der Waals surface area contributed by atoms with Crippen LogP contribution in [0.15, 0.2) is 42.6 Å². The Morgan fingerprint density at radius 2 is 2.18 bits per heavy atom. The fourth-order valence-electron chi connectivity index (χ4n) is 2.57. The van der Waals surface area contributed by atoms with Gasteiger partial charge in [0.2, 0.25) is 0 Å². The largest absolute Gasteiger partial charge is 0.441 e. The molecule has 10 heteroatoms. The van der Waals surface area contributed by atoms with Gasteiger partial charge in [-0.3, -0.25) is 14.7 Å². The topological polar surface area (TPSA) is 108 Å². The molecule has 0 aliphatic carbocycles. The number of nitrogen functional groups attached to an aromatic ring is 1. The van der Waals surface area contributed by atoms with Gasteiger partial charge >= 0.3 is 6.09 Å². The van der Waals surface area contributed by atoms with Gasteiger partial charge in [-0.15, -0.1) is 5.10 Å². The number of hydrogen-bond acceptors (Lipinski definition) is 6. The Morgan fingerprint density at radius 1 is 1.36 bits per heavy atom. The Kier molecular flexibility index (Phi) is 5.78. The molecule has 0 fully saturated rings. The molecular weight excluding hydrogens is 370 g/mol. The minimum atomic E-state index is -0.944. The lowest BCUT2D eigenvalue weighted by atomic mass is 10.1. The standard InChI is InChI=1S/C18H18F2N6O2/c1-26-17(16(24-25-26)14-6-5-13(21)10-22-14)23-18(27)28-15(7-8-19)11-3-2-4-12(20)9-11/h2-6,9-10,15H,7-8,21H2,1H3,(H,23,27)/t15-/m1/s1. The summed E-state index contributed by atoms with van der Waals surface area (Å²) in [6.45, 7) is -0.734. The summed E-state index contributed by atoms with van der Waals surface area (Å²) in [5.41, 5.74) is 7.22. The SMILES string of the molecule is Cn1nnc(-c2ccc(N)cn2)c1NC(=O)O[C@H](CCF)c1cccc(F)c1. The number of amides is 1. The zero-order valence-electron chi connectivity index (χ0n) is 15.0. The quantitative estimate of drug-likeness (QED) is 0.671. The van der Waals surface area contributed by atoms with Crippen molar-refractivity contribution in [2.24, 2.45) is 7.05 Å². The highest BCUT2D eigenvalue weighted by Crippen LogP contribution is 2.26. The number of pyridine rings is 1. The van der Waals surface area contributed by atoms with Crippen LogP contribution in [-0.4, -0.2) is 32.7 Å². The molecule has 2 aromatic heterocycles. The molecule has 0 saturated carbocycles. The number of anilines is 2. The third-order valence-corrected chi connectivity index (χ3v) is 3.92. The number of ether oxygens (including phenoxy) is 1. The van der Waals surface area contributed by atoms with Crippen molar-refractivity contribution in [1.82, 2.24) is 20.0 Å². The lowest BCUT2D eigenvalue weighted by molar-refractivity contribution is 0.100. The maximum absolute atomic E-state index is 13.4. The highest BCUT2D eigenvalue weighted by Gasteiger charge is 2.21. The van der Waals surface area contributed by atoms with E-state index in [2.05, 4.69) is 20.6 Å². The summed E-state index contributed by atoms with van der Waals surface area (Å²) >= 11 is 0. The summed E-state index contributed by atoms with van der Waals surface area (Å²) in [5.74, 6) is -0.265. The van der Waals surface area contributed by atoms with E-state index < -0.39 is 24.7 Å². The minimum Gasteiger partial charge on any atom is -0.441 e. The fourth-order valence-corrected chi connectivity index (χ4v) is 2.57. The summed E-state index contributed by atoms with van der Waals surface area (Å²) in [6, 6.07) is 8.75. The molecule has 2 heterocycles. The predicted molar refractivity (Wildman–Crippen MR) is 98.5 cm³/mol. The molecule has 1 atom stereocenters. The number of nitrogens with two attached hydrogens (primary N) is 1. The summed E-state index contributed by atoms with van der Waals surface area (Å²) in [4.78, 5) is 16.5. The van der Waals surface area contributed by atoms with E-state index in [1.54, 1.807) is 25.2 Å². The third-order valence-electron chi connectivity index (χ3n) is 3.92. The first-order valence-electron chi connectivity index (χ1n) is 8.38. The molecule has 0 unspecified atom stereocenters. The highest BCUT2D eigenvalue weighted by atomic mass is 19.1. The molecule has 0 saturated heterocycles. The maximum Gasteiger partial charge on any atom is 0.413 e. The van der Waals surface area contributed by atoms with Gasteiger partial charge in [0.25, 0.3) is 0 Å². The molecule has 0 spiro atoms. The molecule has 28 heavy (non-hydrogen) atoms. The molecule has 0 aliphatic heterocycles. The molecule has 146 valence electrons. The number of carbonyl (C=O) groups excluding carboxylic acids is 1. The summed E-state index contributed by atoms with van der Waals surface area (Å²) in [7, 11) is 1.58. The van der Waals surface area contributed by atoms with E-state index in [4.69, 9.17) is 10.5 Å². The molecule has 8 nitrogen and oxygen atoms in total. The van der Waals surface area contributed by atoms with Crippen LogP contribution in [0.1, 0.15) is 18.1 Å². The number of carbonyl (C=O) groups is 1. The first kappa shape index (κ1) is 19.2. The minimum absolute atomic E-state index is 0.104. The highest BCUT2D eigenvalue weighted by molar-refractivity contribution is 5.88. The number of halogens is 2. The first-order chi connectivity index (χ1) is 13.5. The van der Waals surface area contributed by atoms with Gasteiger partial charge in [-0.2, -0.15) is 0 Å². The van der Waals surface area contributed by atoms with Crippen LogP contribution in [0.3, 0.4) is 0 Å². The average molecular weight is 388 g/mol. The Hall–Kier alpha value is -3.56. The Balaban J connectivity index is 1.79. The third kappa shape index (κ3) is 4.40. The number of aryl methyl sites for hydroxylation is 1. The van der Waals surface area contributed by atoms with Crippen LogP contribution in [-0.2, 0) is 11.8 Å². The predicted octanol–water partition coefficient (Wildman–Crippen LogP) is 3.25. The Morgan fingerprint density at radius 3 is 2.86 bits per heavy atom. The molecule has 3 rings (SSSR count). The van der Waals surface area contributed by atoms with Crippen molar-refractivity contribution in [3.05, 3.63) is 54.0 Å². The van der Waals surface area contributed by atoms with E-state index in [0.29, 0.717) is 22.6 Å². The molecule has 3 aromatic rings. The van der Waals surface area contributed by atoms with E-state index in [1.165, 1.54) is 29.1 Å². The monoisotopic (exact) mass is 388 g/mol. The number of hydrogen-bond donors (Lipinski definition) is 2. The number of aromatic nitrogens is 4. The summed E-state index contributed by atoms with van der Waals surface area (Å²) < 4.78 is 33.0. The molecule has 3 N–H and O–H groups in total. The van der Waals surface area contributed by atoms with Crippen LogP contribution in [0.5, 0.6) is 0 Å². The second-order valence-electron chi connectivity index (χ2n) is 5.94. The molecular formula is C18H18F2N6O2. The molecule has 0 bridgehead atoms. The first-order valence-corrected chi connectivity index (χ1v) is 8.38. The maximum atomic E-state index is 13.4. The van der Waals surface area contributed by atoms with Crippen LogP contribution in [0.2, 0.25) is 0 Å². The number of alkyl halides is 1. The second kappa shape index (κ2) is 8.42. The van der Waals surface area contributed by atoms with Gasteiger partial charge in [-0.25, -0.2) is 13.9 Å². The molecule has 1 aromatic carbocycles. The smallest absolute Gasteiger partial charge is 0.413 e. The van der Waals surface area contributed by atoms with Crippen LogP contribution in [0, 0.1) is 5.82 Å². The van der Waals surface area contributed by atoms with Crippen LogP contribution in [0.4, 0.5) is 25.1 Å². The lowest BCUT2D eigenvalue weighted by Crippen LogP contribution is -2.20. The van der Waals surface area contributed by atoms with Crippen molar-refractivity contribution < 1.29 is 18.3 Å². The zero-order chi connectivity index (χ0) is 20.1. The van der Waals surface area contributed by atoms with Gasteiger partial charge in [0.1, 0.15) is 11.9 Å². The van der Waals surface area contributed by atoms with Gasteiger partial charge in [0, 0.05) is 13.5 Å². The summed E-state index contributed by atoms with van der Waals surface area (Å²) in [6.07, 6.45) is -0.454. The second-order valence-corrected chi connectivity index (χ2v) is 5.94. The van der Waals surface area contributed by atoms with Crippen LogP contribution in [0.25, 0.3) is 11.4 Å². The van der Waals surface area contributed by atoms with Gasteiger partial charge in [-0.05, 0) is 29.8 Å². The Labute approximate surface area is 159 Å². The normalized spacial score (nSPS) is 11.8. The molecule has 0 aliphatic rings. The van der Waals surface area contributed by atoms with Gasteiger partial charge in [0.05, 0.1) is 24.3 Å². The van der Waals surface area contributed by atoms with Crippen molar-refractivity contribution in [2.45, 2.75) is 12.5 Å². The number of benzene rings is 1. The number of nitrogens with one attached hydrogen (secondary N) is 1. The van der Waals surface area contributed by atoms with Crippen molar-refractivity contribution in [2.75, 3.05) is 17.7 Å². The number of nitrogens with zero attached hydrogens (tertiary/aromatic N) is 4. The van der Waals surface area contributed by atoms with Crippen LogP contribution < -0.4 is 11.1 Å². The van der Waals surface area contributed by atoms with E-state index in [1.807, 2.05) is 0 Å². The van der Waals surface area contributed by atoms with E-state index in [0.717, 1.165) is 0 Å². The van der Waals surface area contributed by atoms with E-state index in [9.17, 15) is 13.6 Å². The van der Waals surface area contributed by atoms with Crippen molar-refractivity contribution in [3.63, 3.8) is 0 Å². The van der Waals surface area contributed by atoms with Crippen molar-refractivity contribution in [1.29, 1.82) is 0 Å². The van der Waals surface area contributed by atoms with Gasteiger partial charge in [-0.1, -0.05) is 17.3 Å². The Bertz CT molecular complexity index is 961. The van der Waals surface area contributed by atoms with Crippen molar-refractivity contribution in [3.8, 4) is 11.4 Å². The van der Waals surface area contributed by atoms with Crippen LogP contribution >= 0.6 is 0 Å². The van der Waals surface area contributed by atoms with E-state index >= 15 is 0 Å². The van der Waals surface area contributed by atoms with Gasteiger partial charge < -0.3 is 10.5 Å². The van der Waals surface area contributed by atoms with Gasteiger partial charge in [0.15, 0.2) is 11.5 Å². The molecule has 1 amide bonds. The fraction of sp³-hybridized carbons (Fsp3) is 0.222. The zero-order valence-corrected chi connectivity index (χ0v) is 15.0. The lowest BCUT2D eigenvalue weighted by Gasteiger charge is -2.17. The molecule has 0 radical (unpaired) electrons. The van der Waals surface area contributed by atoms with E-state index in [-0.39, 0.29) is 12.2 Å². The number of rotatable bonds is 6. The summed E-state index contributed by atoms with van der Waals surface area (Å²) in [5, 5.41) is 10.4.